The number of carbonyl (C=O) groups is 2. The van der Waals surface area contributed by atoms with Crippen LogP contribution in [-0.2, 0) is 9.53 Å². The van der Waals surface area contributed by atoms with Gasteiger partial charge in [-0.25, -0.2) is 9.78 Å². The number of nitrogens with zero attached hydrogens (tertiary/aromatic N) is 2. The van der Waals surface area contributed by atoms with Crippen molar-refractivity contribution in [2.45, 2.75) is 25.8 Å². The number of rotatable bonds is 6. The van der Waals surface area contributed by atoms with Crippen molar-refractivity contribution in [3.63, 3.8) is 0 Å². The van der Waals surface area contributed by atoms with Crippen molar-refractivity contribution in [1.82, 2.24) is 9.88 Å². The van der Waals surface area contributed by atoms with Gasteiger partial charge in [-0.1, -0.05) is 6.92 Å². The van der Waals surface area contributed by atoms with E-state index >= 15 is 0 Å². The monoisotopic (exact) mass is 322 g/mol. The molecule has 1 aliphatic rings. The van der Waals surface area contributed by atoms with Gasteiger partial charge < -0.3 is 19.5 Å². The molecule has 0 aliphatic carbocycles. The summed E-state index contributed by atoms with van der Waals surface area (Å²) in [6.07, 6.45) is 2.76. The molecule has 1 aliphatic heterocycles. The molecule has 2 atom stereocenters. The Morgan fingerprint density at radius 2 is 2.22 bits per heavy atom. The Balaban J connectivity index is 2.12. The first-order valence-electron chi connectivity index (χ1n) is 7.64. The Bertz CT molecular complexity index is 563. The predicted octanol–water partition coefficient (Wildman–Crippen LogP) is 1.43. The Morgan fingerprint density at radius 3 is 2.91 bits per heavy atom. The molecule has 1 aromatic heterocycles. The fraction of sp³-hybridized carbons (Fsp3) is 0.562. The van der Waals surface area contributed by atoms with E-state index in [-0.39, 0.29) is 5.91 Å². The van der Waals surface area contributed by atoms with E-state index < -0.39 is 12.0 Å². The molecule has 2 rings (SSSR count). The van der Waals surface area contributed by atoms with Crippen molar-refractivity contribution in [3.05, 3.63) is 23.9 Å². The van der Waals surface area contributed by atoms with Crippen LogP contribution in [0.4, 0.5) is 0 Å². The molecule has 0 bridgehead atoms. The van der Waals surface area contributed by atoms with Crippen LogP contribution in [-0.4, -0.2) is 59.8 Å². The second kappa shape index (κ2) is 7.92. The third-order valence-corrected chi connectivity index (χ3v) is 3.93. The van der Waals surface area contributed by atoms with Gasteiger partial charge in [0.05, 0.1) is 6.61 Å². The van der Waals surface area contributed by atoms with Gasteiger partial charge in [0, 0.05) is 31.5 Å². The van der Waals surface area contributed by atoms with Gasteiger partial charge in [-0.2, -0.15) is 0 Å². The summed E-state index contributed by atoms with van der Waals surface area (Å²) in [5, 5.41) is 9.38. The van der Waals surface area contributed by atoms with Crippen LogP contribution in [0.2, 0.25) is 0 Å². The highest BCUT2D eigenvalue weighted by Gasteiger charge is 2.35. The number of carboxylic acids is 1. The van der Waals surface area contributed by atoms with E-state index in [1.165, 1.54) is 17.2 Å². The Kier molecular flexibility index (Phi) is 5.92. The molecule has 0 saturated carbocycles. The second-order valence-corrected chi connectivity index (χ2v) is 5.71. The van der Waals surface area contributed by atoms with Gasteiger partial charge in [-0.3, -0.25) is 4.79 Å². The molecule has 1 saturated heterocycles. The lowest BCUT2D eigenvalue weighted by Crippen LogP contribution is -2.49. The van der Waals surface area contributed by atoms with Gasteiger partial charge in [0.1, 0.15) is 12.6 Å². The quantitative estimate of drug-likeness (QED) is 0.797. The smallest absolute Gasteiger partial charge is 0.326 e. The van der Waals surface area contributed by atoms with Crippen molar-refractivity contribution in [3.8, 4) is 5.88 Å². The first-order valence-corrected chi connectivity index (χ1v) is 7.64. The third kappa shape index (κ3) is 4.41. The molecule has 23 heavy (non-hydrogen) atoms. The van der Waals surface area contributed by atoms with Crippen LogP contribution in [0.25, 0.3) is 0 Å². The van der Waals surface area contributed by atoms with Crippen LogP contribution in [0.15, 0.2) is 18.3 Å². The summed E-state index contributed by atoms with van der Waals surface area (Å²) >= 11 is 0. The van der Waals surface area contributed by atoms with Gasteiger partial charge in [-0.15, -0.1) is 0 Å². The number of piperidine rings is 1. The summed E-state index contributed by atoms with van der Waals surface area (Å²) in [7, 11) is 1.57. The molecule has 0 spiro atoms. The molecule has 7 heteroatoms. The van der Waals surface area contributed by atoms with E-state index in [4.69, 9.17) is 9.47 Å². The van der Waals surface area contributed by atoms with Gasteiger partial charge in [0.15, 0.2) is 0 Å². The maximum atomic E-state index is 12.7. The summed E-state index contributed by atoms with van der Waals surface area (Å²) in [5.41, 5.74) is 0.383. The van der Waals surface area contributed by atoms with Crippen molar-refractivity contribution < 1.29 is 24.2 Å². The minimum absolute atomic E-state index is 0.297. The molecule has 1 N–H and O–H groups in total. The summed E-state index contributed by atoms with van der Waals surface area (Å²) in [6, 6.07) is 2.33. The molecule has 1 amide bonds. The maximum Gasteiger partial charge on any atom is 0.326 e. The largest absolute Gasteiger partial charge is 0.480 e. The molecule has 7 nitrogen and oxygen atoms in total. The van der Waals surface area contributed by atoms with Crippen molar-refractivity contribution in [1.29, 1.82) is 0 Å². The minimum atomic E-state index is -0.962. The fourth-order valence-corrected chi connectivity index (χ4v) is 2.64. The number of amides is 1. The zero-order valence-corrected chi connectivity index (χ0v) is 13.4. The van der Waals surface area contributed by atoms with Crippen LogP contribution < -0.4 is 4.74 Å². The highest BCUT2D eigenvalue weighted by Crippen LogP contribution is 2.25. The lowest BCUT2D eigenvalue weighted by Gasteiger charge is -2.36. The molecule has 126 valence electrons. The average Bonchev–Trinajstić information content (AvgIpc) is 2.54. The summed E-state index contributed by atoms with van der Waals surface area (Å²) in [5.74, 6) is -0.644. The molecule has 0 radical (unpaired) electrons. The molecular weight excluding hydrogens is 300 g/mol. The average molecular weight is 322 g/mol. The number of likely N-dealkylation sites (tertiary alicyclic amines) is 1. The predicted molar refractivity (Wildman–Crippen MR) is 82.5 cm³/mol. The highest BCUT2D eigenvalue weighted by atomic mass is 16.5. The zero-order chi connectivity index (χ0) is 16.8. The Hall–Kier alpha value is -2.15. The summed E-state index contributed by atoms with van der Waals surface area (Å²) in [4.78, 5) is 29.6. The van der Waals surface area contributed by atoms with Crippen LogP contribution in [0.5, 0.6) is 5.88 Å². The first-order chi connectivity index (χ1) is 11.0. The van der Waals surface area contributed by atoms with Crippen LogP contribution in [0.1, 0.15) is 30.1 Å². The second-order valence-electron chi connectivity index (χ2n) is 5.71. The normalized spacial score (nSPS) is 21.0. The number of methoxy groups -OCH3 is 1. The number of hydrogen-bond acceptors (Lipinski definition) is 5. The number of pyridine rings is 1. The lowest BCUT2D eigenvalue weighted by molar-refractivity contribution is -0.144. The minimum Gasteiger partial charge on any atom is -0.480 e. The number of aliphatic carboxylic acids is 1. The molecular formula is C16H22N2O5. The van der Waals surface area contributed by atoms with Crippen molar-refractivity contribution in [2.24, 2.45) is 5.92 Å². The van der Waals surface area contributed by atoms with Gasteiger partial charge >= 0.3 is 5.97 Å². The van der Waals surface area contributed by atoms with E-state index in [9.17, 15) is 14.7 Å². The molecule has 2 heterocycles. The Morgan fingerprint density at radius 1 is 1.43 bits per heavy atom. The lowest BCUT2D eigenvalue weighted by atomic mass is 9.92. The van der Waals surface area contributed by atoms with Crippen LogP contribution >= 0.6 is 0 Å². The van der Waals surface area contributed by atoms with Crippen LogP contribution in [0.3, 0.4) is 0 Å². The first kappa shape index (κ1) is 17.2. The van der Waals surface area contributed by atoms with E-state index in [0.29, 0.717) is 43.5 Å². The highest BCUT2D eigenvalue weighted by molar-refractivity contribution is 5.96. The van der Waals surface area contributed by atoms with Gasteiger partial charge in [-0.05, 0) is 24.8 Å². The standard InChI is InChI=1S/C16H22N2O5/c1-11-4-6-18(13(9-11)16(20)21)15(19)12-3-5-17-14(10-12)23-8-7-22-2/h3,5,10-11,13H,4,6-9H2,1-2H3,(H,20,21). The number of carboxylic acid groups (broad SMARTS) is 1. The zero-order valence-electron chi connectivity index (χ0n) is 13.4. The van der Waals surface area contributed by atoms with E-state index in [2.05, 4.69) is 4.98 Å². The van der Waals surface area contributed by atoms with Gasteiger partial charge in [0.2, 0.25) is 5.88 Å². The molecule has 1 aromatic rings. The summed E-state index contributed by atoms with van der Waals surface area (Å²) in [6.45, 7) is 3.20. The van der Waals surface area contributed by atoms with Crippen molar-refractivity contribution >= 4 is 11.9 Å². The molecule has 2 unspecified atom stereocenters. The number of aromatic nitrogens is 1. The van der Waals surface area contributed by atoms with E-state index in [0.717, 1.165) is 6.42 Å². The number of hydrogen-bond donors (Lipinski definition) is 1. The van der Waals surface area contributed by atoms with E-state index in [1.807, 2.05) is 6.92 Å². The SMILES string of the molecule is COCCOc1cc(C(=O)N2CCC(C)CC2C(=O)O)ccn1. The third-order valence-electron chi connectivity index (χ3n) is 3.93. The fourth-order valence-electron chi connectivity index (χ4n) is 2.64. The summed E-state index contributed by atoms with van der Waals surface area (Å²) < 4.78 is 10.3. The molecule has 1 fully saturated rings. The Labute approximate surface area is 135 Å². The van der Waals surface area contributed by atoms with Gasteiger partial charge in [0.25, 0.3) is 5.91 Å². The molecule has 0 aromatic carbocycles. The van der Waals surface area contributed by atoms with Crippen molar-refractivity contribution in [2.75, 3.05) is 26.9 Å². The topological polar surface area (TPSA) is 89.0 Å². The maximum absolute atomic E-state index is 12.7. The number of ether oxygens (including phenoxy) is 2. The van der Waals surface area contributed by atoms with Crippen LogP contribution in [0, 0.1) is 5.92 Å². The number of carbonyl (C=O) groups excluding carboxylic acids is 1. The van der Waals surface area contributed by atoms with E-state index in [1.54, 1.807) is 13.2 Å².